The van der Waals surface area contributed by atoms with Gasteiger partial charge in [-0.1, -0.05) is 35.5 Å². The Bertz CT molecular complexity index is 850. The van der Waals surface area contributed by atoms with E-state index in [0.29, 0.717) is 18.1 Å². The van der Waals surface area contributed by atoms with Gasteiger partial charge in [-0.25, -0.2) is 8.78 Å². The first kappa shape index (κ1) is 15.8. The Kier molecular flexibility index (Phi) is 4.60. The molecule has 2 aromatic carbocycles. The van der Waals surface area contributed by atoms with E-state index < -0.39 is 17.5 Å². The number of carbonyl (C=O) groups excluding carboxylic acids is 1. The van der Waals surface area contributed by atoms with E-state index in [2.05, 4.69) is 15.5 Å². The first-order valence-electron chi connectivity index (χ1n) is 7.20. The summed E-state index contributed by atoms with van der Waals surface area (Å²) in [6.45, 7) is 0.0239. The van der Waals surface area contributed by atoms with Crippen LogP contribution in [0.3, 0.4) is 0 Å². The van der Waals surface area contributed by atoms with Crippen LogP contribution in [0, 0.1) is 11.6 Å². The molecule has 0 saturated carbocycles. The van der Waals surface area contributed by atoms with Crippen molar-refractivity contribution in [2.45, 2.75) is 13.0 Å². The first-order valence-corrected chi connectivity index (χ1v) is 7.20. The van der Waals surface area contributed by atoms with E-state index in [1.807, 2.05) is 30.3 Å². The molecule has 1 heterocycles. The monoisotopic (exact) mass is 329 g/mol. The molecule has 1 amide bonds. The van der Waals surface area contributed by atoms with Crippen molar-refractivity contribution >= 4 is 5.91 Å². The van der Waals surface area contributed by atoms with Gasteiger partial charge in [0.2, 0.25) is 5.89 Å². The third-order valence-corrected chi connectivity index (χ3v) is 3.30. The second-order valence-corrected chi connectivity index (χ2v) is 5.08. The highest BCUT2D eigenvalue weighted by Gasteiger charge is 2.12. The molecule has 0 radical (unpaired) electrons. The molecule has 0 unspecified atom stereocenters. The maximum Gasteiger partial charge on any atom is 0.251 e. The standard InChI is InChI=1S/C17H13F2N3O2/c18-13-7-6-12(9-14(13)19)17(23)20-10-15-21-16(24-22-15)8-11-4-2-1-3-5-11/h1-7,9H,8,10H2,(H,20,23). The van der Waals surface area contributed by atoms with Gasteiger partial charge >= 0.3 is 0 Å². The lowest BCUT2D eigenvalue weighted by Gasteiger charge is -2.02. The number of halogens is 2. The van der Waals surface area contributed by atoms with Gasteiger partial charge in [-0.05, 0) is 23.8 Å². The fourth-order valence-electron chi connectivity index (χ4n) is 2.10. The molecule has 1 aromatic heterocycles. The van der Waals surface area contributed by atoms with E-state index in [4.69, 9.17) is 4.52 Å². The average Bonchev–Trinajstić information content (AvgIpc) is 3.03. The van der Waals surface area contributed by atoms with Crippen molar-refractivity contribution in [3.8, 4) is 0 Å². The van der Waals surface area contributed by atoms with Crippen molar-refractivity contribution in [3.05, 3.63) is 83.0 Å². The van der Waals surface area contributed by atoms with Crippen LogP contribution in [-0.4, -0.2) is 16.0 Å². The van der Waals surface area contributed by atoms with Gasteiger partial charge < -0.3 is 9.84 Å². The van der Waals surface area contributed by atoms with E-state index >= 15 is 0 Å². The third-order valence-electron chi connectivity index (χ3n) is 3.30. The van der Waals surface area contributed by atoms with Gasteiger partial charge in [0.15, 0.2) is 17.5 Å². The summed E-state index contributed by atoms with van der Waals surface area (Å²) >= 11 is 0. The summed E-state index contributed by atoms with van der Waals surface area (Å²) in [5.74, 6) is -1.90. The van der Waals surface area contributed by atoms with Crippen LogP contribution in [0.1, 0.15) is 27.6 Å². The summed E-state index contributed by atoms with van der Waals surface area (Å²) in [4.78, 5) is 16.1. The Morgan fingerprint density at radius 1 is 1.08 bits per heavy atom. The Morgan fingerprint density at radius 3 is 2.62 bits per heavy atom. The third kappa shape index (κ3) is 3.81. The number of carbonyl (C=O) groups is 1. The van der Waals surface area contributed by atoms with Crippen LogP contribution in [0.15, 0.2) is 53.1 Å². The number of amides is 1. The van der Waals surface area contributed by atoms with Crippen LogP contribution < -0.4 is 5.32 Å². The van der Waals surface area contributed by atoms with Gasteiger partial charge in [-0.15, -0.1) is 0 Å². The maximum absolute atomic E-state index is 13.1. The van der Waals surface area contributed by atoms with Crippen molar-refractivity contribution in [3.63, 3.8) is 0 Å². The van der Waals surface area contributed by atoms with E-state index in [1.54, 1.807) is 0 Å². The minimum Gasteiger partial charge on any atom is -0.345 e. The molecule has 3 aromatic rings. The summed E-state index contributed by atoms with van der Waals surface area (Å²) in [5, 5.41) is 6.30. The van der Waals surface area contributed by atoms with E-state index in [0.717, 1.165) is 17.7 Å². The highest BCUT2D eigenvalue weighted by Crippen LogP contribution is 2.09. The minimum absolute atomic E-state index is 0.0157. The maximum atomic E-state index is 13.1. The molecule has 0 atom stereocenters. The number of hydrogen-bond donors (Lipinski definition) is 1. The molecule has 24 heavy (non-hydrogen) atoms. The smallest absolute Gasteiger partial charge is 0.251 e. The zero-order valence-corrected chi connectivity index (χ0v) is 12.5. The van der Waals surface area contributed by atoms with Crippen molar-refractivity contribution in [1.29, 1.82) is 0 Å². The van der Waals surface area contributed by atoms with Gasteiger partial charge in [0, 0.05) is 5.56 Å². The molecule has 3 rings (SSSR count). The predicted molar refractivity (Wildman–Crippen MR) is 81.1 cm³/mol. The largest absolute Gasteiger partial charge is 0.345 e. The molecular formula is C17H13F2N3O2. The molecule has 122 valence electrons. The summed E-state index contributed by atoms with van der Waals surface area (Å²) in [7, 11) is 0. The van der Waals surface area contributed by atoms with Crippen LogP contribution in [0.25, 0.3) is 0 Å². The van der Waals surface area contributed by atoms with Gasteiger partial charge in [0.25, 0.3) is 5.91 Å². The lowest BCUT2D eigenvalue weighted by molar-refractivity contribution is 0.0949. The summed E-state index contributed by atoms with van der Waals surface area (Å²) < 4.78 is 31.1. The lowest BCUT2D eigenvalue weighted by Crippen LogP contribution is -2.23. The van der Waals surface area contributed by atoms with Crippen LogP contribution in [0.2, 0.25) is 0 Å². The summed E-state index contributed by atoms with van der Waals surface area (Å²) in [6, 6.07) is 12.5. The molecular weight excluding hydrogens is 316 g/mol. The Labute approximate surface area is 136 Å². The zero-order chi connectivity index (χ0) is 16.9. The lowest BCUT2D eigenvalue weighted by atomic mass is 10.1. The Balaban J connectivity index is 1.59. The summed E-state index contributed by atoms with van der Waals surface area (Å²) in [6.07, 6.45) is 0.491. The number of nitrogens with zero attached hydrogens (tertiary/aromatic N) is 2. The van der Waals surface area contributed by atoms with Gasteiger partial charge in [0.05, 0.1) is 13.0 Å². The number of benzene rings is 2. The highest BCUT2D eigenvalue weighted by molar-refractivity contribution is 5.94. The van der Waals surface area contributed by atoms with E-state index in [9.17, 15) is 13.6 Å². The Hall–Kier alpha value is -3.09. The molecule has 0 aliphatic carbocycles. The van der Waals surface area contributed by atoms with Crippen molar-refractivity contribution in [2.75, 3.05) is 0 Å². The fraction of sp³-hybridized carbons (Fsp3) is 0.118. The second-order valence-electron chi connectivity index (χ2n) is 5.08. The SMILES string of the molecule is O=C(NCc1noc(Cc2ccccc2)n1)c1ccc(F)c(F)c1. The average molecular weight is 329 g/mol. The Morgan fingerprint density at radius 2 is 1.88 bits per heavy atom. The van der Waals surface area contributed by atoms with Gasteiger partial charge in [-0.3, -0.25) is 4.79 Å². The van der Waals surface area contributed by atoms with Crippen LogP contribution in [-0.2, 0) is 13.0 Å². The minimum atomic E-state index is -1.08. The van der Waals surface area contributed by atoms with E-state index in [-0.39, 0.29) is 12.1 Å². The second kappa shape index (κ2) is 6.99. The first-order chi connectivity index (χ1) is 11.6. The molecule has 7 heteroatoms. The fourth-order valence-corrected chi connectivity index (χ4v) is 2.10. The van der Waals surface area contributed by atoms with Crippen molar-refractivity contribution in [1.82, 2.24) is 15.5 Å². The highest BCUT2D eigenvalue weighted by atomic mass is 19.2. The number of rotatable bonds is 5. The molecule has 0 aliphatic rings. The molecule has 0 aliphatic heterocycles. The van der Waals surface area contributed by atoms with Crippen LogP contribution >= 0.6 is 0 Å². The number of nitrogens with one attached hydrogen (secondary N) is 1. The van der Waals surface area contributed by atoms with Gasteiger partial charge in [0.1, 0.15) is 0 Å². The van der Waals surface area contributed by atoms with Crippen molar-refractivity contribution < 1.29 is 18.1 Å². The number of hydrogen-bond acceptors (Lipinski definition) is 4. The molecule has 0 bridgehead atoms. The quantitative estimate of drug-likeness (QED) is 0.781. The molecule has 0 fully saturated rings. The number of aromatic nitrogens is 2. The van der Waals surface area contributed by atoms with Gasteiger partial charge in [-0.2, -0.15) is 4.98 Å². The van der Waals surface area contributed by atoms with E-state index in [1.165, 1.54) is 6.07 Å². The summed E-state index contributed by atoms with van der Waals surface area (Å²) in [5.41, 5.74) is 1.04. The van der Waals surface area contributed by atoms with Crippen LogP contribution in [0.4, 0.5) is 8.78 Å². The van der Waals surface area contributed by atoms with Crippen LogP contribution in [0.5, 0.6) is 0 Å². The zero-order valence-electron chi connectivity index (χ0n) is 12.5. The normalized spacial score (nSPS) is 10.6. The molecule has 0 saturated heterocycles. The van der Waals surface area contributed by atoms with Crippen molar-refractivity contribution in [2.24, 2.45) is 0 Å². The predicted octanol–water partition coefficient (Wildman–Crippen LogP) is 2.87. The molecule has 0 spiro atoms. The topological polar surface area (TPSA) is 68.0 Å². The molecule has 5 nitrogen and oxygen atoms in total. The molecule has 1 N–H and O–H groups in total.